The standard InChI is InChI=1S/C18H14FN7OS3/c1-10-9-28-17(20-10)22-16(27)15-13(29-12-5-3-11(19)4-6-12)7-8-14(21-15)30-18-23-24-25-26(18)2/h3-9H,1-2H3,(H,20,22,27). The molecular formula is C18H14FN7OS3. The van der Waals surface area contributed by atoms with Gasteiger partial charge in [-0.05, 0) is 65.5 Å². The second-order valence-electron chi connectivity index (χ2n) is 5.99. The van der Waals surface area contributed by atoms with E-state index in [1.54, 1.807) is 31.3 Å². The summed E-state index contributed by atoms with van der Waals surface area (Å²) in [4.78, 5) is 23.2. The fraction of sp³-hybridized carbons (Fsp3) is 0.111. The number of halogens is 1. The molecule has 1 N–H and O–H groups in total. The minimum atomic E-state index is -0.382. The van der Waals surface area contributed by atoms with Gasteiger partial charge in [-0.2, -0.15) is 0 Å². The van der Waals surface area contributed by atoms with Crippen LogP contribution in [0.25, 0.3) is 0 Å². The van der Waals surface area contributed by atoms with Gasteiger partial charge in [0, 0.05) is 22.2 Å². The zero-order valence-electron chi connectivity index (χ0n) is 15.7. The Bertz CT molecular complexity index is 1190. The highest BCUT2D eigenvalue weighted by Crippen LogP contribution is 2.33. The largest absolute Gasteiger partial charge is 0.296 e. The van der Waals surface area contributed by atoms with E-state index in [2.05, 4.69) is 30.8 Å². The molecular weight excluding hydrogens is 445 g/mol. The molecule has 152 valence electrons. The zero-order chi connectivity index (χ0) is 21.1. The second-order valence-corrected chi connectivity index (χ2v) is 8.95. The SMILES string of the molecule is Cc1csc(NC(=O)c2nc(Sc3nnnn3C)ccc2Sc2ccc(F)cc2)n1. The van der Waals surface area contributed by atoms with Crippen molar-refractivity contribution in [2.45, 2.75) is 26.9 Å². The summed E-state index contributed by atoms with van der Waals surface area (Å²) < 4.78 is 14.8. The highest BCUT2D eigenvalue weighted by Gasteiger charge is 2.18. The van der Waals surface area contributed by atoms with E-state index in [0.29, 0.717) is 20.2 Å². The fourth-order valence-electron chi connectivity index (χ4n) is 2.33. The summed E-state index contributed by atoms with van der Waals surface area (Å²) in [6, 6.07) is 9.64. The van der Waals surface area contributed by atoms with Crippen LogP contribution in [0.4, 0.5) is 9.52 Å². The summed E-state index contributed by atoms with van der Waals surface area (Å²) >= 11 is 3.91. The number of thiazole rings is 1. The van der Waals surface area contributed by atoms with E-state index in [0.717, 1.165) is 10.6 Å². The molecule has 4 rings (SSSR count). The van der Waals surface area contributed by atoms with Gasteiger partial charge in [0.1, 0.15) is 16.5 Å². The Kier molecular flexibility index (Phi) is 6.06. The molecule has 0 saturated heterocycles. The van der Waals surface area contributed by atoms with Crippen molar-refractivity contribution in [2.24, 2.45) is 7.05 Å². The number of tetrazole rings is 1. The van der Waals surface area contributed by atoms with Crippen molar-refractivity contribution in [1.29, 1.82) is 0 Å². The number of carbonyl (C=O) groups excluding carboxylic acids is 1. The Hall–Kier alpha value is -2.83. The maximum atomic E-state index is 13.2. The first-order valence-corrected chi connectivity index (χ1v) is 11.1. The van der Waals surface area contributed by atoms with Gasteiger partial charge in [0.05, 0.1) is 5.69 Å². The van der Waals surface area contributed by atoms with E-state index in [4.69, 9.17) is 0 Å². The number of aryl methyl sites for hydroxylation is 2. The van der Waals surface area contributed by atoms with Gasteiger partial charge in [-0.1, -0.05) is 11.8 Å². The third-order valence-corrected chi connectivity index (χ3v) is 6.60. The van der Waals surface area contributed by atoms with Gasteiger partial charge in [0.15, 0.2) is 5.13 Å². The van der Waals surface area contributed by atoms with Crippen LogP contribution in [0.5, 0.6) is 0 Å². The summed E-state index contributed by atoms with van der Waals surface area (Å²) in [5.74, 6) is -0.703. The second kappa shape index (κ2) is 8.90. The lowest BCUT2D eigenvalue weighted by Gasteiger charge is -2.10. The molecule has 0 aliphatic carbocycles. The molecule has 0 aliphatic rings. The topological polar surface area (TPSA) is 98.5 Å². The molecule has 4 aromatic rings. The minimum absolute atomic E-state index is 0.234. The summed E-state index contributed by atoms with van der Waals surface area (Å²) in [5.41, 5.74) is 1.06. The molecule has 30 heavy (non-hydrogen) atoms. The number of nitrogens with zero attached hydrogens (tertiary/aromatic N) is 6. The third-order valence-electron chi connectivity index (χ3n) is 3.71. The smallest absolute Gasteiger partial charge is 0.277 e. The Morgan fingerprint density at radius 3 is 2.60 bits per heavy atom. The summed E-state index contributed by atoms with van der Waals surface area (Å²) in [5, 5.41) is 17.6. The molecule has 0 aliphatic heterocycles. The lowest BCUT2D eigenvalue weighted by Crippen LogP contribution is -2.15. The molecule has 0 unspecified atom stereocenters. The number of anilines is 1. The number of aromatic nitrogens is 6. The number of rotatable bonds is 6. The number of nitrogens with one attached hydrogen (secondary N) is 1. The lowest BCUT2D eigenvalue weighted by molar-refractivity contribution is 0.101. The molecule has 0 atom stereocenters. The van der Waals surface area contributed by atoms with Gasteiger partial charge in [-0.25, -0.2) is 19.0 Å². The molecule has 0 bridgehead atoms. The van der Waals surface area contributed by atoms with Crippen LogP contribution < -0.4 is 5.32 Å². The minimum Gasteiger partial charge on any atom is -0.296 e. The molecule has 0 radical (unpaired) electrons. The third kappa shape index (κ3) is 4.83. The van der Waals surface area contributed by atoms with Crippen LogP contribution >= 0.6 is 34.9 Å². The van der Waals surface area contributed by atoms with Crippen LogP contribution in [0.3, 0.4) is 0 Å². The molecule has 0 spiro atoms. The maximum Gasteiger partial charge on any atom is 0.277 e. The van der Waals surface area contributed by atoms with E-state index < -0.39 is 0 Å². The first kappa shape index (κ1) is 20.4. The Balaban J connectivity index is 1.65. The van der Waals surface area contributed by atoms with Crippen molar-refractivity contribution in [3.63, 3.8) is 0 Å². The normalized spacial score (nSPS) is 10.9. The van der Waals surface area contributed by atoms with Crippen LogP contribution in [0, 0.1) is 12.7 Å². The predicted molar refractivity (Wildman–Crippen MR) is 112 cm³/mol. The number of amides is 1. The summed E-state index contributed by atoms with van der Waals surface area (Å²) in [6.07, 6.45) is 0. The van der Waals surface area contributed by atoms with Crippen molar-refractivity contribution in [3.05, 3.63) is 59.0 Å². The van der Waals surface area contributed by atoms with Crippen LogP contribution in [-0.2, 0) is 7.05 Å². The number of hydrogen-bond acceptors (Lipinski definition) is 9. The fourth-order valence-corrected chi connectivity index (χ4v) is 4.62. The molecule has 1 amide bonds. The molecule has 0 fully saturated rings. The number of carbonyl (C=O) groups is 1. The van der Waals surface area contributed by atoms with Crippen LogP contribution in [0.15, 0.2) is 61.8 Å². The number of benzene rings is 1. The van der Waals surface area contributed by atoms with E-state index >= 15 is 0 Å². The van der Waals surface area contributed by atoms with Crippen LogP contribution in [0.1, 0.15) is 16.2 Å². The number of pyridine rings is 1. The van der Waals surface area contributed by atoms with Crippen LogP contribution in [-0.4, -0.2) is 36.1 Å². The first-order chi connectivity index (χ1) is 14.5. The van der Waals surface area contributed by atoms with Gasteiger partial charge in [-0.3, -0.25) is 10.1 Å². The number of hydrogen-bond donors (Lipinski definition) is 1. The Morgan fingerprint density at radius 2 is 1.93 bits per heavy atom. The molecule has 1 aromatic carbocycles. The average molecular weight is 460 g/mol. The Morgan fingerprint density at radius 1 is 1.13 bits per heavy atom. The summed E-state index contributed by atoms with van der Waals surface area (Å²) in [6.45, 7) is 1.85. The van der Waals surface area contributed by atoms with Crippen molar-refractivity contribution < 1.29 is 9.18 Å². The van der Waals surface area contributed by atoms with Crippen molar-refractivity contribution in [3.8, 4) is 0 Å². The summed E-state index contributed by atoms with van der Waals surface area (Å²) in [7, 11) is 1.72. The molecule has 8 nitrogen and oxygen atoms in total. The van der Waals surface area contributed by atoms with E-state index in [9.17, 15) is 9.18 Å². The molecule has 12 heteroatoms. The molecule has 3 heterocycles. The quantitative estimate of drug-likeness (QED) is 0.461. The van der Waals surface area contributed by atoms with E-state index in [-0.39, 0.29) is 17.4 Å². The van der Waals surface area contributed by atoms with E-state index in [1.807, 2.05) is 12.3 Å². The lowest BCUT2D eigenvalue weighted by atomic mass is 10.3. The van der Waals surface area contributed by atoms with Gasteiger partial charge in [-0.15, -0.1) is 16.4 Å². The predicted octanol–water partition coefficient (Wildman–Crippen LogP) is 4.06. The van der Waals surface area contributed by atoms with Crippen molar-refractivity contribution >= 4 is 45.9 Å². The maximum absolute atomic E-state index is 13.2. The molecule has 3 aromatic heterocycles. The van der Waals surface area contributed by atoms with Gasteiger partial charge in [0.2, 0.25) is 5.16 Å². The van der Waals surface area contributed by atoms with E-state index in [1.165, 1.54) is 51.7 Å². The highest BCUT2D eigenvalue weighted by atomic mass is 32.2. The van der Waals surface area contributed by atoms with Gasteiger partial charge < -0.3 is 0 Å². The zero-order valence-corrected chi connectivity index (χ0v) is 18.2. The van der Waals surface area contributed by atoms with Crippen LogP contribution in [0.2, 0.25) is 0 Å². The molecule has 0 saturated carbocycles. The van der Waals surface area contributed by atoms with Gasteiger partial charge >= 0.3 is 0 Å². The average Bonchev–Trinajstić information content (AvgIpc) is 3.32. The Labute approximate surface area is 183 Å². The van der Waals surface area contributed by atoms with Gasteiger partial charge in [0.25, 0.3) is 5.91 Å². The van der Waals surface area contributed by atoms with Crippen molar-refractivity contribution in [2.75, 3.05) is 5.32 Å². The van der Waals surface area contributed by atoms with Crippen molar-refractivity contribution in [1.82, 2.24) is 30.2 Å². The monoisotopic (exact) mass is 459 g/mol. The first-order valence-electron chi connectivity index (χ1n) is 8.56. The highest BCUT2D eigenvalue weighted by molar-refractivity contribution is 7.99.